The van der Waals surface area contributed by atoms with Crippen molar-refractivity contribution in [3.8, 4) is 0 Å². The zero-order chi connectivity index (χ0) is 12.3. The zero-order valence-corrected chi connectivity index (χ0v) is 9.13. The standard InChI is InChI=1S/C8H10ClF2N3O2/c1-14-7(16)6(9)5(2-13-14)12-3-8(10,11)4-15/h2,12,15H,3-4H2,1H3. The van der Waals surface area contributed by atoms with E-state index in [-0.39, 0.29) is 10.7 Å². The topological polar surface area (TPSA) is 67.2 Å². The lowest BCUT2D eigenvalue weighted by Crippen LogP contribution is -2.32. The molecular formula is C8H10ClF2N3O2. The molecule has 1 aromatic heterocycles. The predicted molar refractivity (Wildman–Crippen MR) is 55.0 cm³/mol. The third kappa shape index (κ3) is 2.89. The van der Waals surface area contributed by atoms with Gasteiger partial charge in [0.15, 0.2) is 0 Å². The van der Waals surface area contributed by atoms with Gasteiger partial charge in [-0.3, -0.25) is 4.79 Å². The second-order valence-electron chi connectivity index (χ2n) is 3.17. The van der Waals surface area contributed by atoms with Gasteiger partial charge in [-0.15, -0.1) is 0 Å². The quantitative estimate of drug-likeness (QED) is 0.819. The molecule has 2 N–H and O–H groups in total. The minimum Gasteiger partial charge on any atom is -0.390 e. The Hall–Kier alpha value is -1.21. The highest BCUT2D eigenvalue weighted by Crippen LogP contribution is 2.18. The molecule has 1 heterocycles. The number of alkyl halides is 2. The van der Waals surface area contributed by atoms with Gasteiger partial charge < -0.3 is 10.4 Å². The van der Waals surface area contributed by atoms with Gasteiger partial charge in [-0.1, -0.05) is 11.6 Å². The fourth-order valence-corrected chi connectivity index (χ4v) is 1.15. The number of nitrogens with zero attached hydrogens (tertiary/aromatic N) is 2. The summed E-state index contributed by atoms with van der Waals surface area (Å²) in [5, 5.41) is 14.0. The van der Waals surface area contributed by atoms with Crippen LogP contribution in [0.5, 0.6) is 0 Å². The largest absolute Gasteiger partial charge is 0.390 e. The molecule has 0 aliphatic rings. The van der Waals surface area contributed by atoms with Crippen molar-refractivity contribution in [2.24, 2.45) is 7.05 Å². The highest BCUT2D eigenvalue weighted by molar-refractivity contribution is 6.32. The van der Waals surface area contributed by atoms with Crippen LogP contribution < -0.4 is 10.9 Å². The molecule has 0 unspecified atom stereocenters. The van der Waals surface area contributed by atoms with E-state index in [1.54, 1.807) is 0 Å². The first-order valence-corrected chi connectivity index (χ1v) is 4.69. The van der Waals surface area contributed by atoms with E-state index in [1.807, 2.05) is 0 Å². The molecule has 1 aromatic rings. The lowest BCUT2D eigenvalue weighted by Gasteiger charge is -2.15. The first-order chi connectivity index (χ1) is 7.37. The summed E-state index contributed by atoms with van der Waals surface area (Å²) in [7, 11) is 1.39. The average molecular weight is 254 g/mol. The minimum atomic E-state index is -3.27. The van der Waals surface area contributed by atoms with Crippen molar-refractivity contribution in [3.63, 3.8) is 0 Å². The summed E-state index contributed by atoms with van der Waals surface area (Å²) in [4.78, 5) is 11.3. The lowest BCUT2D eigenvalue weighted by molar-refractivity contribution is -0.0372. The number of halogens is 3. The Morgan fingerprint density at radius 2 is 2.31 bits per heavy atom. The predicted octanol–water partition coefficient (Wildman–Crippen LogP) is 0.473. The van der Waals surface area contributed by atoms with Crippen LogP contribution in [0, 0.1) is 0 Å². The van der Waals surface area contributed by atoms with Gasteiger partial charge in [-0.05, 0) is 0 Å². The molecule has 0 radical (unpaired) electrons. The summed E-state index contributed by atoms with van der Waals surface area (Å²) in [6.07, 6.45) is 1.16. The molecule has 0 aliphatic heterocycles. The van der Waals surface area contributed by atoms with E-state index in [0.29, 0.717) is 0 Å². The number of rotatable bonds is 4. The summed E-state index contributed by atoms with van der Waals surface area (Å²) < 4.78 is 26.4. The average Bonchev–Trinajstić information content (AvgIpc) is 2.25. The van der Waals surface area contributed by atoms with Crippen molar-refractivity contribution in [1.82, 2.24) is 9.78 Å². The van der Waals surface area contributed by atoms with Crippen molar-refractivity contribution in [2.75, 3.05) is 18.5 Å². The molecular weight excluding hydrogens is 244 g/mol. The summed E-state index contributed by atoms with van der Waals surface area (Å²) in [5.74, 6) is -3.27. The fourth-order valence-electron chi connectivity index (χ4n) is 0.914. The normalized spacial score (nSPS) is 11.6. The Labute approximate surface area is 94.6 Å². The van der Waals surface area contributed by atoms with Crippen LogP contribution in [0.4, 0.5) is 14.5 Å². The monoisotopic (exact) mass is 253 g/mol. The van der Waals surface area contributed by atoms with E-state index in [9.17, 15) is 13.6 Å². The van der Waals surface area contributed by atoms with E-state index in [4.69, 9.17) is 16.7 Å². The summed E-state index contributed by atoms with van der Waals surface area (Å²) in [6, 6.07) is 0. The number of nitrogens with one attached hydrogen (secondary N) is 1. The number of aliphatic hydroxyl groups excluding tert-OH is 1. The van der Waals surface area contributed by atoms with Crippen molar-refractivity contribution in [3.05, 3.63) is 21.6 Å². The molecule has 0 aliphatic carbocycles. The Morgan fingerprint density at radius 3 is 2.88 bits per heavy atom. The van der Waals surface area contributed by atoms with Gasteiger partial charge in [0, 0.05) is 7.05 Å². The van der Waals surface area contributed by atoms with Gasteiger partial charge in [0.05, 0.1) is 18.4 Å². The smallest absolute Gasteiger partial charge is 0.287 e. The van der Waals surface area contributed by atoms with Crippen LogP contribution >= 0.6 is 11.6 Å². The molecule has 0 saturated carbocycles. The fraction of sp³-hybridized carbons (Fsp3) is 0.500. The van der Waals surface area contributed by atoms with Crippen molar-refractivity contribution in [1.29, 1.82) is 0 Å². The molecule has 1 rings (SSSR count). The van der Waals surface area contributed by atoms with Gasteiger partial charge in [0.2, 0.25) is 0 Å². The minimum absolute atomic E-state index is 0.0119. The van der Waals surface area contributed by atoms with Gasteiger partial charge in [-0.2, -0.15) is 5.10 Å². The molecule has 0 spiro atoms. The van der Waals surface area contributed by atoms with Gasteiger partial charge in [0.25, 0.3) is 11.5 Å². The molecule has 0 atom stereocenters. The number of hydrogen-bond acceptors (Lipinski definition) is 4. The van der Waals surface area contributed by atoms with E-state index in [0.717, 1.165) is 10.9 Å². The first kappa shape index (κ1) is 12.9. The van der Waals surface area contributed by atoms with E-state index in [2.05, 4.69) is 10.4 Å². The molecule has 0 aromatic carbocycles. The molecule has 0 bridgehead atoms. The summed E-state index contributed by atoms with van der Waals surface area (Å²) >= 11 is 5.63. The Kier molecular flexibility index (Phi) is 3.82. The van der Waals surface area contributed by atoms with Crippen LogP contribution in [-0.4, -0.2) is 34.0 Å². The third-order valence-corrected chi connectivity index (χ3v) is 2.21. The Morgan fingerprint density at radius 1 is 1.69 bits per heavy atom. The molecule has 16 heavy (non-hydrogen) atoms. The van der Waals surface area contributed by atoms with E-state index in [1.165, 1.54) is 7.05 Å². The molecule has 0 fully saturated rings. The van der Waals surface area contributed by atoms with Gasteiger partial charge in [0.1, 0.15) is 11.6 Å². The molecule has 0 saturated heterocycles. The van der Waals surface area contributed by atoms with Crippen LogP contribution in [0.2, 0.25) is 5.02 Å². The maximum Gasteiger partial charge on any atom is 0.287 e. The number of aryl methyl sites for hydroxylation is 1. The van der Waals surface area contributed by atoms with Crippen molar-refractivity contribution < 1.29 is 13.9 Å². The lowest BCUT2D eigenvalue weighted by atomic mass is 10.3. The van der Waals surface area contributed by atoms with Crippen molar-refractivity contribution >= 4 is 17.3 Å². The molecule has 5 nitrogen and oxygen atoms in total. The number of aromatic nitrogens is 2. The van der Waals surface area contributed by atoms with E-state index >= 15 is 0 Å². The maximum atomic E-state index is 12.7. The van der Waals surface area contributed by atoms with Crippen LogP contribution in [0.15, 0.2) is 11.0 Å². The number of anilines is 1. The van der Waals surface area contributed by atoms with Crippen LogP contribution in [0.3, 0.4) is 0 Å². The first-order valence-electron chi connectivity index (χ1n) is 4.32. The second kappa shape index (κ2) is 4.75. The Bertz CT molecular complexity index is 436. The van der Waals surface area contributed by atoms with Gasteiger partial charge in [-0.25, -0.2) is 13.5 Å². The Balaban J connectivity index is 2.84. The maximum absolute atomic E-state index is 12.7. The molecule has 90 valence electrons. The molecule has 8 heteroatoms. The zero-order valence-electron chi connectivity index (χ0n) is 8.38. The van der Waals surface area contributed by atoms with Crippen LogP contribution in [0.1, 0.15) is 0 Å². The summed E-state index contributed by atoms with van der Waals surface area (Å²) in [6.45, 7) is -2.10. The van der Waals surface area contributed by atoms with Crippen LogP contribution in [0.25, 0.3) is 0 Å². The summed E-state index contributed by atoms with van der Waals surface area (Å²) in [5.41, 5.74) is -0.572. The van der Waals surface area contributed by atoms with Crippen LogP contribution in [-0.2, 0) is 7.05 Å². The number of aliphatic hydroxyl groups is 1. The molecule has 0 amide bonds. The van der Waals surface area contributed by atoms with Crippen molar-refractivity contribution in [2.45, 2.75) is 5.92 Å². The number of hydrogen-bond donors (Lipinski definition) is 2. The van der Waals surface area contributed by atoms with E-state index < -0.39 is 24.6 Å². The highest BCUT2D eigenvalue weighted by atomic mass is 35.5. The second-order valence-corrected chi connectivity index (χ2v) is 3.55. The third-order valence-electron chi connectivity index (χ3n) is 1.85. The van der Waals surface area contributed by atoms with Gasteiger partial charge >= 0.3 is 0 Å². The highest BCUT2D eigenvalue weighted by Gasteiger charge is 2.27. The SMILES string of the molecule is Cn1ncc(NCC(F)(F)CO)c(Cl)c1=O.